The quantitative estimate of drug-likeness (QED) is 0.822. The average molecular weight is 244 g/mol. The van der Waals surface area contributed by atoms with E-state index in [0.717, 1.165) is 22.7 Å². The summed E-state index contributed by atoms with van der Waals surface area (Å²) in [6.07, 6.45) is 8.13. The van der Waals surface area contributed by atoms with Crippen molar-refractivity contribution in [3.05, 3.63) is 58.6 Å². The van der Waals surface area contributed by atoms with E-state index in [1.807, 2.05) is 24.3 Å². The minimum absolute atomic E-state index is 0.723. The fourth-order valence-electron chi connectivity index (χ4n) is 1.54. The van der Waals surface area contributed by atoms with E-state index in [4.69, 9.17) is 11.6 Å². The van der Waals surface area contributed by atoms with Crippen LogP contribution in [0, 0.1) is 6.07 Å². The van der Waals surface area contributed by atoms with Gasteiger partial charge in [0.25, 0.3) is 0 Å². The minimum atomic E-state index is 0.723. The Balaban J connectivity index is 2.27. The van der Waals surface area contributed by atoms with Crippen molar-refractivity contribution in [2.75, 3.05) is 0 Å². The zero-order valence-electron chi connectivity index (χ0n) is 9.52. The summed E-state index contributed by atoms with van der Waals surface area (Å²) < 4.78 is 0. The Morgan fingerprint density at radius 1 is 1.41 bits per heavy atom. The molecular weight excluding hydrogens is 232 g/mol. The van der Waals surface area contributed by atoms with Crippen molar-refractivity contribution in [3.8, 4) is 0 Å². The molecule has 2 rings (SSSR count). The monoisotopic (exact) mass is 243 g/mol. The Morgan fingerprint density at radius 2 is 2.29 bits per heavy atom. The molecule has 0 fully saturated rings. The molecule has 0 atom stereocenters. The summed E-state index contributed by atoms with van der Waals surface area (Å²) in [7, 11) is 0. The van der Waals surface area contributed by atoms with Gasteiger partial charge in [0.05, 0.1) is 5.69 Å². The topological polar surface area (TPSA) is 25.8 Å². The second-order valence-corrected chi connectivity index (χ2v) is 4.01. The van der Waals surface area contributed by atoms with Gasteiger partial charge in [-0.2, -0.15) is 0 Å². The van der Waals surface area contributed by atoms with Gasteiger partial charge >= 0.3 is 0 Å². The first kappa shape index (κ1) is 11.8. The van der Waals surface area contributed by atoms with Crippen LogP contribution < -0.4 is 0 Å². The van der Waals surface area contributed by atoms with E-state index in [2.05, 4.69) is 23.0 Å². The number of nitrogens with zero attached hydrogens (tertiary/aromatic N) is 2. The van der Waals surface area contributed by atoms with Gasteiger partial charge < -0.3 is 0 Å². The zero-order chi connectivity index (χ0) is 12.1. The van der Waals surface area contributed by atoms with E-state index >= 15 is 0 Å². The molecule has 0 saturated heterocycles. The maximum Gasteiger partial charge on any atom is 0.115 e. The molecule has 0 saturated carbocycles. The first-order valence-corrected chi connectivity index (χ1v) is 5.81. The summed E-state index contributed by atoms with van der Waals surface area (Å²) in [6, 6.07) is 8.77. The van der Waals surface area contributed by atoms with E-state index in [9.17, 15) is 0 Å². The van der Waals surface area contributed by atoms with Gasteiger partial charge in [0.15, 0.2) is 0 Å². The molecule has 0 bridgehead atoms. The standard InChI is InChI=1S/C14H12ClN2/c1-2-11-9-13(15)5-3-12(11)4-6-14-7-8-16-10-17-14/h4-10H,2H2,1H3. The number of hydrogen-bond donors (Lipinski definition) is 0. The van der Waals surface area contributed by atoms with Gasteiger partial charge in [-0.3, -0.25) is 0 Å². The van der Waals surface area contributed by atoms with Gasteiger partial charge in [-0.1, -0.05) is 24.6 Å². The van der Waals surface area contributed by atoms with Gasteiger partial charge in [0.1, 0.15) is 6.33 Å². The number of halogens is 1. The van der Waals surface area contributed by atoms with Crippen LogP contribution in [0.1, 0.15) is 23.7 Å². The average Bonchev–Trinajstić information content (AvgIpc) is 2.38. The Morgan fingerprint density at radius 3 is 3.00 bits per heavy atom. The van der Waals surface area contributed by atoms with Gasteiger partial charge in [0.2, 0.25) is 0 Å². The SMILES string of the molecule is CCc1cc(Cl)c[c]c1C=Cc1ccncn1. The van der Waals surface area contributed by atoms with Crippen LogP contribution in [0.2, 0.25) is 5.02 Å². The largest absolute Gasteiger partial charge is 0.245 e. The number of aryl methyl sites for hydroxylation is 1. The highest BCUT2D eigenvalue weighted by Gasteiger charge is 1.99. The molecule has 1 radical (unpaired) electrons. The zero-order valence-corrected chi connectivity index (χ0v) is 10.3. The van der Waals surface area contributed by atoms with Crippen molar-refractivity contribution >= 4 is 23.8 Å². The van der Waals surface area contributed by atoms with Crippen molar-refractivity contribution in [2.45, 2.75) is 13.3 Å². The van der Waals surface area contributed by atoms with Crippen LogP contribution in [0.3, 0.4) is 0 Å². The van der Waals surface area contributed by atoms with E-state index in [0.29, 0.717) is 0 Å². The maximum atomic E-state index is 5.94. The van der Waals surface area contributed by atoms with Crippen LogP contribution in [0.5, 0.6) is 0 Å². The molecule has 0 spiro atoms. The van der Waals surface area contributed by atoms with Crippen LogP contribution in [0.4, 0.5) is 0 Å². The highest BCUT2D eigenvalue weighted by atomic mass is 35.5. The number of hydrogen-bond acceptors (Lipinski definition) is 2. The van der Waals surface area contributed by atoms with E-state index in [1.165, 1.54) is 11.9 Å². The molecule has 0 aliphatic carbocycles. The molecule has 0 unspecified atom stereocenters. The maximum absolute atomic E-state index is 5.94. The lowest BCUT2D eigenvalue weighted by Gasteiger charge is -2.02. The summed E-state index contributed by atoms with van der Waals surface area (Å²) >= 11 is 5.94. The number of aromatic nitrogens is 2. The van der Waals surface area contributed by atoms with Crippen molar-refractivity contribution in [1.82, 2.24) is 9.97 Å². The van der Waals surface area contributed by atoms with Crippen molar-refractivity contribution in [3.63, 3.8) is 0 Å². The lowest BCUT2D eigenvalue weighted by atomic mass is 10.0. The predicted octanol–water partition coefficient (Wildman–Crippen LogP) is 3.66. The molecule has 2 nitrogen and oxygen atoms in total. The molecule has 0 N–H and O–H groups in total. The van der Waals surface area contributed by atoms with Crippen LogP contribution in [-0.2, 0) is 6.42 Å². The second-order valence-electron chi connectivity index (χ2n) is 3.58. The third-order valence-corrected chi connectivity index (χ3v) is 2.65. The first-order valence-electron chi connectivity index (χ1n) is 5.44. The van der Waals surface area contributed by atoms with Gasteiger partial charge in [-0.15, -0.1) is 0 Å². The summed E-state index contributed by atoms with van der Waals surface area (Å²) in [5.41, 5.74) is 3.11. The molecule has 0 aliphatic heterocycles. The van der Waals surface area contributed by atoms with E-state index < -0.39 is 0 Å². The van der Waals surface area contributed by atoms with Crippen LogP contribution in [-0.4, -0.2) is 9.97 Å². The van der Waals surface area contributed by atoms with Gasteiger partial charge in [-0.25, -0.2) is 9.97 Å². The molecule has 1 heterocycles. The molecule has 85 valence electrons. The van der Waals surface area contributed by atoms with Crippen LogP contribution >= 0.6 is 11.6 Å². The molecule has 2 aromatic rings. The summed E-state index contributed by atoms with van der Waals surface area (Å²) in [6.45, 7) is 2.10. The summed E-state index contributed by atoms with van der Waals surface area (Å²) in [5, 5.41) is 0.723. The first-order chi connectivity index (χ1) is 8.29. The summed E-state index contributed by atoms with van der Waals surface area (Å²) in [4.78, 5) is 8.00. The lowest BCUT2D eigenvalue weighted by molar-refractivity contribution is 1.13. The van der Waals surface area contributed by atoms with Crippen LogP contribution in [0.25, 0.3) is 12.2 Å². The predicted molar refractivity (Wildman–Crippen MR) is 70.6 cm³/mol. The number of benzene rings is 1. The molecule has 0 amide bonds. The van der Waals surface area contributed by atoms with Crippen molar-refractivity contribution in [2.24, 2.45) is 0 Å². The molecular formula is C14H12ClN2. The Hall–Kier alpha value is -1.67. The fraction of sp³-hybridized carbons (Fsp3) is 0.143. The second kappa shape index (κ2) is 5.60. The molecule has 1 aromatic heterocycles. The van der Waals surface area contributed by atoms with Gasteiger partial charge in [0, 0.05) is 11.2 Å². The molecule has 1 aromatic carbocycles. The van der Waals surface area contributed by atoms with Gasteiger partial charge in [-0.05, 0) is 47.9 Å². The van der Waals surface area contributed by atoms with Crippen LogP contribution in [0.15, 0.2) is 30.7 Å². The highest BCUT2D eigenvalue weighted by molar-refractivity contribution is 6.30. The molecule has 17 heavy (non-hydrogen) atoms. The minimum Gasteiger partial charge on any atom is -0.245 e. The van der Waals surface area contributed by atoms with Crippen molar-refractivity contribution in [1.29, 1.82) is 0 Å². The Kier molecular flexibility index (Phi) is 3.89. The molecule has 0 aliphatic rings. The Bertz CT molecular complexity index is 521. The van der Waals surface area contributed by atoms with E-state index in [1.54, 1.807) is 12.3 Å². The lowest BCUT2D eigenvalue weighted by Crippen LogP contribution is -1.87. The molecule has 3 heteroatoms. The number of rotatable bonds is 3. The van der Waals surface area contributed by atoms with E-state index in [-0.39, 0.29) is 0 Å². The third kappa shape index (κ3) is 3.14. The third-order valence-electron chi connectivity index (χ3n) is 2.43. The smallest absolute Gasteiger partial charge is 0.115 e. The highest BCUT2D eigenvalue weighted by Crippen LogP contribution is 2.18. The normalized spacial score (nSPS) is 10.9. The van der Waals surface area contributed by atoms with Crippen molar-refractivity contribution < 1.29 is 0 Å². The summed E-state index contributed by atoms with van der Waals surface area (Å²) in [5.74, 6) is 0. The fourth-order valence-corrected chi connectivity index (χ4v) is 1.73. The Labute approximate surface area is 106 Å².